The van der Waals surface area contributed by atoms with Crippen molar-refractivity contribution in [2.24, 2.45) is 0 Å². The Morgan fingerprint density at radius 1 is 0.411 bits per heavy atom. The highest BCUT2D eigenvalue weighted by Crippen LogP contribution is 2.54. The first-order chi connectivity index (χ1) is 27.5. The molecule has 8 aromatic carbocycles. The molecule has 10 aromatic rings. The van der Waals surface area contributed by atoms with Gasteiger partial charge in [0, 0.05) is 33.1 Å². The molecule has 3 heteroatoms. The van der Waals surface area contributed by atoms with Crippen molar-refractivity contribution in [2.75, 3.05) is 0 Å². The minimum Gasteiger partial charge on any atom is -0.456 e. The maximum absolute atomic E-state index is 6.40. The Hall–Kier alpha value is -7.10. The lowest BCUT2D eigenvalue weighted by molar-refractivity contribution is 0.632. The predicted octanol–water partition coefficient (Wildman–Crippen LogP) is 14.2. The van der Waals surface area contributed by atoms with Crippen LogP contribution in [0.1, 0.15) is 25.0 Å². The van der Waals surface area contributed by atoms with E-state index in [1.807, 2.05) is 36.4 Å². The molecule has 264 valence electrons. The summed E-state index contributed by atoms with van der Waals surface area (Å²) in [5.41, 5.74) is 14.3. The molecule has 2 aromatic heterocycles. The van der Waals surface area contributed by atoms with E-state index in [2.05, 4.69) is 159 Å². The highest BCUT2D eigenvalue weighted by atomic mass is 16.3. The lowest BCUT2D eigenvalue weighted by atomic mass is 9.81. The molecular formula is C53H36N2O. The van der Waals surface area contributed by atoms with Gasteiger partial charge in [0.05, 0.1) is 11.4 Å². The number of hydrogen-bond acceptors (Lipinski definition) is 3. The quantitative estimate of drug-likeness (QED) is 0.178. The van der Waals surface area contributed by atoms with Gasteiger partial charge in [0.25, 0.3) is 0 Å². The van der Waals surface area contributed by atoms with Crippen molar-refractivity contribution < 1.29 is 4.42 Å². The highest BCUT2D eigenvalue weighted by molar-refractivity contribution is 6.09. The molecular weight excluding hydrogens is 681 g/mol. The lowest BCUT2D eigenvalue weighted by Gasteiger charge is -2.22. The smallest absolute Gasteiger partial charge is 0.160 e. The van der Waals surface area contributed by atoms with E-state index < -0.39 is 0 Å². The van der Waals surface area contributed by atoms with Gasteiger partial charge in [0.2, 0.25) is 0 Å². The number of nitrogens with zero attached hydrogens (tertiary/aromatic N) is 2. The van der Waals surface area contributed by atoms with Gasteiger partial charge >= 0.3 is 0 Å². The summed E-state index contributed by atoms with van der Waals surface area (Å²) in [6.45, 7) is 4.72. The van der Waals surface area contributed by atoms with Gasteiger partial charge in [-0.3, -0.25) is 0 Å². The monoisotopic (exact) mass is 716 g/mol. The summed E-state index contributed by atoms with van der Waals surface area (Å²) in [4.78, 5) is 10.5. The minimum absolute atomic E-state index is 0.121. The van der Waals surface area contributed by atoms with Crippen molar-refractivity contribution in [3.05, 3.63) is 193 Å². The summed E-state index contributed by atoms with van der Waals surface area (Å²) in [5, 5.41) is 5.95. The lowest BCUT2D eigenvalue weighted by Crippen LogP contribution is -2.14. The van der Waals surface area contributed by atoms with Crippen molar-refractivity contribution in [2.45, 2.75) is 19.3 Å². The van der Waals surface area contributed by atoms with E-state index in [4.69, 9.17) is 14.4 Å². The summed E-state index contributed by atoms with van der Waals surface area (Å²) in [6.07, 6.45) is 0. The number of benzene rings is 8. The van der Waals surface area contributed by atoms with Gasteiger partial charge in [-0.1, -0.05) is 166 Å². The molecule has 0 saturated carbocycles. The number of fused-ring (bicyclic) bond motifs is 6. The minimum atomic E-state index is -0.121. The SMILES string of the molecule is CC1(C)c2cc3ccccc3cc2-c2c(-c3ccc(-c4cc(-c5ccccc5-c5cc6ccccc6o5)nc(-c5ccccc5)n4)c4ccccc34)cccc21. The fraction of sp³-hybridized carbons (Fsp3) is 0.0566. The van der Waals surface area contributed by atoms with Crippen LogP contribution in [0.5, 0.6) is 0 Å². The van der Waals surface area contributed by atoms with Crippen LogP contribution in [0.2, 0.25) is 0 Å². The molecule has 0 fully saturated rings. The van der Waals surface area contributed by atoms with E-state index >= 15 is 0 Å². The van der Waals surface area contributed by atoms with Crippen molar-refractivity contribution in [3.63, 3.8) is 0 Å². The van der Waals surface area contributed by atoms with E-state index in [1.54, 1.807) is 0 Å². The highest BCUT2D eigenvalue weighted by Gasteiger charge is 2.37. The number of aromatic nitrogens is 2. The largest absolute Gasteiger partial charge is 0.456 e. The maximum atomic E-state index is 6.40. The zero-order chi connectivity index (χ0) is 37.4. The van der Waals surface area contributed by atoms with Crippen molar-refractivity contribution in [3.8, 4) is 67.5 Å². The molecule has 0 atom stereocenters. The predicted molar refractivity (Wildman–Crippen MR) is 232 cm³/mol. The summed E-state index contributed by atoms with van der Waals surface area (Å²) in [5.74, 6) is 1.49. The Labute approximate surface area is 325 Å². The Kier molecular flexibility index (Phi) is 7.20. The van der Waals surface area contributed by atoms with Crippen LogP contribution in [-0.4, -0.2) is 9.97 Å². The first-order valence-corrected chi connectivity index (χ1v) is 19.2. The number of hydrogen-bond donors (Lipinski definition) is 0. The average Bonchev–Trinajstić information content (AvgIpc) is 3.79. The Bertz CT molecular complexity index is 3140. The van der Waals surface area contributed by atoms with Gasteiger partial charge < -0.3 is 4.42 Å². The number of para-hydroxylation sites is 1. The first kappa shape index (κ1) is 32.3. The number of furan rings is 1. The summed E-state index contributed by atoms with van der Waals surface area (Å²) in [6, 6.07) is 64.7. The van der Waals surface area contributed by atoms with Crippen LogP contribution in [0.25, 0.3) is 100.0 Å². The Morgan fingerprint density at radius 3 is 1.80 bits per heavy atom. The van der Waals surface area contributed by atoms with E-state index in [1.165, 1.54) is 49.5 Å². The van der Waals surface area contributed by atoms with Crippen LogP contribution in [0.15, 0.2) is 186 Å². The molecule has 2 heterocycles. The molecule has 1 aliphatic carbocycles. The normalized spacial score (nSPS) is 13.0. The standard InChI is InChI=1S/C53H36N2O/c1-53(2)45-25-14-24-43(51(45)44-29-34-17-6-7-18-35(34)30-46(44)53)39-27-28-41(38-21-10-9-20-37(38)39)48-32-47(54-52(55-48)33-15-4-3-5-16-33)40-22-11-12-23-42(40)50-31-36-19-8-13-26-49(36)56-50/h3-32H,1-2H3. The topological polar surface area (TPSA) is 38.9 Å². The van der Waals surface area contributed by atoms with Gasteiger partial charge in [-0.15, -0.1) is 0 Å². The third-order valence-corrected chi connectivity index (χ3v) is 11.7. The molecule has 56 heavy (non-hydrogen) atoms. The molecule has 0 unspecified atom stereocenters. The summed E-state index contributed by atoms with van der Waals surface area (Å²) >= 11 is 0. The van der Waals surface area contributed by atoms with Crippen LogP contribution in [0, 0.1) is 0 Å². The molecule has 0 radical (unpaired) electrons. The van der Waals surface area contributed by atoms with Gasteiger partial charge in [-0.2, -0.15) is 0 Å². The summed E-state index contributed by atoms with van der Waals surface area (Å²) in [7, 11) is 0. The van der Waals surface area contributed by atoms with Crippen molar-refractivity contribution in [1.29, 1.82) is 0 Å². The maximum Gasteiger partial charge on any atom is 0.160 e. The molecule has 0 spiro atoms. The molecule has 3 nitrogen and oxygen atoms in total. The second kappa shape index (κ2) is 12.5. The average molecular weight is 717 g/mol. The van der Waals surface area contributed by atoms with Gasteiger partial charge in [-0.05, 0) is 85.3 Å². The third kappa shape index (κ3) is 5.05. The van der Waals surface area contributed by atoms with Gasteiger partial charge in [0.15, 0.2) is 5.82 Å². The van der Waals surface area contributed by atoms with E-state index in [-0.39, 0.29) is 5.41 Å². The number of rotatable bonds is 5. The van der Waals surface area contributed by atoms with Gasteiger partial charge in [-0.25, -0.2) is 9.97 Å². The van der Waals surface area contributed by atoms with Crippen molar-refractivity contribution >= 4 is 32.5 Å². The Morgan fingerprint density at radius 2 is 1.02 bits per heavy atom. The van der Waals surface area contributed by atoms with E-state index in [9.17, 15) is 0 Å². The van der Waals surface area contributed by atoms with Crippen LogP contribution < -0.4 is 0 Å². The van der Waals surface area contributed by atoms with Crippen LogP contribution >= 0.6 is 0 Å². The molecule has 0 saturated heterocycles. The first-order valence-electron chi connectivity index (χ1n) is 19.2. The zero-order valence-electron chi connectivity index (χ0n) is 31.1. The molecule has 0 aliphatic heterocycles. The fourth-order valence-corrected chi connectivity index (χ4v) is 8.93. The third-order valence-electron chi connectivity index (χ3n) is 11.7. The molecule has 1 aliphatic rings. The van der Waals surface area contributed by atoms with E-state index in [0.29, 0.717) is 5.82 Å². The zero-order valence-corrected chi connectivity index (χ0v) is 31.1. The van der Waals surface area contributed by atoms with E-state index in [0.717, 1.165) is 55.8 Å². The van der Waals surface area contributed by atoms with Crippen LogP contribution in [0.4, 0.5) is 0 Å². The summed E-state index contributed by atoms with van der Waals surface area (Å²) < 4.78 is 6.40. The second-order valence-corrected chi connectivity index (χ2v) is 15.3. The fourth-order valence-electron chi connectivity index (χ4n) is 8.93. The Balaban J connectivity index is 1.11. The van der Waals surface area contributed by atoms with Crippen LogP contribution in [0.3, 0.4) is 0 Å². The molecule has 0 amide bonds. The van der Waals surface area contributed by atoms with Gasteiger partial charge in [0.1, 0.15) is 11.3 Å². The second-order valence-electron chi connectivity index (χ2n) is 15.3. The van der Waals surface area contributed by atoms with Crippen LogP contribution in [-0.2, 0) is 5.41 Å². The molecule has 0 N–H and O–H groups in total. The molecule has 11 rings (SSSR count). The molecule has 0 bridgehead atoms. The van der Waals surface area contributed by atoms with Crippen molar-refractivity contribution in [1.82, 2.24) is 9.97 Å².